The van der Waals surface area contributed by atoms with E-state index in [-0.39, 0.29) is 12.4 Å². The molecule has 8 nitrogen and oxygen atoms in total. The maximum atomic E-state index is 13.3. The van der Waals surface area contributed by atoms with Gasteiger partial charge in [0.05, 0.1) is 4.70 Å². The molecule has 9 heteroatoms. The molecule has 0 unspecified atom stereocenters. The molecule has 0 radical (unpaired) electrons. The molecular weight excluding hydrogens is 426 g/mol. The lowest BCUT2D eigenvalue weighted by molar-refractivity contribution is -0.122. The number of fused-ring (bicyclic) bond motifs is 6. The van der Waals surface area contributed by atoms with Crippen molar-refractivity contribution in [3.8, 4) is 0 Å². The van der Waals surface area contributed by atoms with Crippen LogP contribution in [0.2, 0.25) is 0 Å². The predicted octanol–water partition coefficient (Wildman–Crippen LogP) is 2.06. The third-order valence-electron chi connectivity index (χ3n) is 7.94. The zero-order valence-corrected chi connectivity index (χ0v) is 19.5. The van der Waals surface area contributed by atoms with Crippen molar-refractivity contribution >= 4 is 39.7 Å². The van der Waals surface area contributed by atoms with Crippen molar-refractivity contribution in [1.82, 2.24) is 19.1 Å². The minimum atomic E-state index is -0.250. The van der Waals surface area contributed by atoms with Gasteiger partial charge in [0.1, 0.15) is 5.69 Å². The van der Waals surface area contributed by atoms with Crippen LogP contribution in [0.15, 0.2) is 18.2 Å². The summed E-state index contributed by atoms with van der Waals surface area (Å²) in [5.74, 6) is 0.735. The third-order valence-corrected chi connectivity index (χ3v) is 8.75. The van der Waals surface area contributed by atoms with E-state index in [2.05, 4.69) is 44.3 Å². The first-order valence-electron chi connectivity index (χ1n) is 11.4. The van der Waals surface area contributed by atoms with Crippen molar-refractivity contribution in [2.45, 2.75) is 37.4 Å². The van der Waals surface area contributed by atoms with Gasteiger partial charge in [-0.2, -0.15) is 4.37 Å². The SMILES string of the molecule is CN1C[C@@H]2C[C@H]1CN2c1ccc2c(C(=O)N(C)[C@@H]3CN4CCC3CC4)nsc2c1.O=CO. The maximum absolute atomic E-state index is 13.3. The fourth-order valence-corrected chi connectivity index (χ4v) is 6.93. The molecule has 1 N–H and O–H groups in total. The predicted molar refractivity (Wildman–Crippen MR) is 126 cm³/mol. The van der Waals surface area contributed by atoms with Crippen molar-refractivity contribution in [2.24, 2.45) is 5.92 Å². The van der Waals surface area contributed by atoms with Crippen LogP contribution in [-0.2, 0) is 4.79 Å². The molecule has 0 aliphatic carbocycles. The van der Waals surface area contributed by atoms with Gasteiger partial charge in [-0.15, -0.1) is 0 Å². The molecule has 5 aliphatic rings. The van der Waals surface area contributed by atoms with E-state index in [1.807, 2.05) is 11.9 Å². The van der Waals surface area contributed by atoms with Crippen LogP contribution in [0.1, 0.15) is 29.8 Å². The maximum Gasteiger partial charge on any atom is 0.290 e. The van der Waals surface area contributed by atoms with Gasteiger partial charge in [0.25, 0.3) is 12.4 Å². The largest absolute Gasteiger partial charge is 0.483 e. The van der Waals surface area contributed by atoms with Crippen LogP contribution >= 0.6 is 11.5 Å². The number of amides is 1. The highest BCUT2D eigenvalue weighted by Crippen LogP contribution is 2.37. The average Bonchev–Trinajstić information content (AvgIpc) is 3.52. The molecule has 5 aliphatic heterocycles. The molecule has 1 aromatic carbocycles. The summed E-state index contributed by atoms with van der Waals surface area (Å²) in [7, 11) is 4.21. The number of hydrogen-bond acceptors (Lipinski definition) is 7. The highest BCUT2D eigenvalue weighted by atomic mass is 32.1. The third kappa shape index (κ3) is 3.66. The number of anilines is 1. The smallest absolute Gasteiger partial charge is 0.290 e. The van der Waals surface area contributed by atoms with Crippen molar-refractivity contribution in [3.05, 3.63) is 23.9 Å². The highest BCUT2D eigenvalue weighted by molar-refractivity contribution is 7.13. The van der Waals surface area contributed by atoms with Crippen LogP contribution in [-0.4, -0.2) is 102 Å². The van der Waals surface area contributed by atoms with Crippen molar-refractivity contribution in [3.63, 3.8) is 0 Å². The summed E-state index contributed by atoms with van der Waals surface area (Å²) in [6.07, 6.45) is 3.71. The zero-order chi connectivity index (χ0) is 22.4. The molecule has 4 bridgehead atoms. The standard InChI is InChI=1S/C22H29N5OS.CH2O2/c1-24-11-17-9-16(24)12-27(17)15-3-4-18-20(10-15)29-23-21(18)22(28)25(2)19-13-26-7-5-14(19)6-8-26;2-1-3/h3-4,10,14,16-17,19H,5-9,11-13H2,1-2H3;1H,(H,2,3)/t16-,17-,19+;/m0./s1. The van der Waals surface area contributed by atoms with Gasteiger partial charge in [-0.1, -0.05) is 0 Å². The van der Waals surface area contributed by atoms with Gasteiger partial charge in [0.2, 0.25) is 0 Å². The fourth-order valence-electron chi connectivity index (χ4n) is 6.13. The van der Waals surface area contributed by atoms with Gasteiger partial charge in [-0.3, -0.25) is 14.5 Å². The number of likely N-dealkylation sites (N-methyl/N-ethyl adjacent to an activating group) is 2. The van der Waals surface area contributed by atoms with Crippen LogP contribution < -0.4 is 4.90 Å². The summed E-state index contributed by atoms with van der Waals surface area (Å²) in [6, 6.07) is 8.21. The molecule has 1 amide bonds. The van der Waals surface area contributed by atoms with E-state index in [0.29, 0.717) is 29.7 Å². The summed E-state index contributed by atoms with van der Waals surface area (Å²) in [4.78, 5) is 31.2. The molecule has 3 atom stereocenters. The van der Waals surface area contributed by atoms with Crippen LogP contribution in [0.25, 0.3) is 10.1 Å². The topological polar surface area (TPSA) is 80.2 Å². The lowest BCUT2D eigenvalue weighted by atomic mass is 9.83. The van der Waals surface area contributed by atoms with Crippen molar-refractivity contribution in [1.29, 1.82) is 0 Å². The second-order valence-corrected chi connectivity index (χ2v) is 10.4. The van der Waals surface area contributed by atoms with E-state index in [9.17, 15) is 4.79 Å². The summed E-state index contributed by atoms with van der Waals surface area (Å²) in [5.41, 5.74) is 1.92. The first kappa shape index (κ1) is 21.6. The lowest BCUT2D eigenvalue weighted by Crippen LogP contribution is -2.57. The monoisotopic (exact) mass is 457 g/mol. The number of hydrogen-bond donors (Lipinski definition) is 1. The highest BCUT2D eigenvalue weighted by Gasteiger charge is 2.42. The average molecular weight is 458 g/mol. The molecule has 172 valence electrons. The Morgan fingerprint density at radius 3 is 2.56 bits per heavy atom. The van der Waals surface area contributed by atoms with Crippen molar-refractivity contribution in [2.75, 3.05) is 51.7 Å². The second kappa shape index (κ2) is 8.61. The first-order chi connectivity index (χ1) is 15.5. The Bertz CT molecular complexity index is 1000. The molecule has 5 fully saturated rings. The van der Waals surface area contributed by atoms with Gasteiger partial charge in [0.15, 0.2) is 0 Å². The summed E-state index contributed by atoms with van der Waals surface area (Å²) in [5, 5.41) is 7.90. The van der Waals surface area contributed by atoms with Gasteiger partial charge in [-0.25, -0.2) is 0 Å². The zero-order valence-electron chi connectivity index (χ0n) is 18.7. The fraction of sp³-hybridized carbons (Fsp3) is 0.609. The van der Waals surface area contributed by atoms with E-state index in [1.165, 1.54) is 49.6 Å². The van der Waals surface area contributed by atoms with Crippen LogP contribution in [0.5, 0.6) is 0 Å². The Morgan fingerprint density at radius 1 is 1.22 bits per heavy atom. The van der Waals surface area contributed by atoms with E-state index < -0.39 is 0 Å². The van der Waals surface area contributed by atoms with Gasteiger partial charge in [0, 0.05) is 55.9 Å². The Morgan fingerprint density at radius 2 is 1.97 bits per heavy atom. The molecule has 5 saturated heterocycles. The Kier molecular flexibility index (Phi) is 5.81. The number of carbonyl (C=O) groups excluding carboxylic acids is 1. The normalized spacial score (nSPS) is 30.9. The van der Waals surface area contributed by atoms with Crippen LogP contribution in [0.4, 0.5) is 5.69 Å². The van der Waals surface area contributed by atoms with Crippen LogP contribution in [0, 0.1) is 5.92 Å². The lowest BCUT2D eigenvalue weighted by Gasteiger charge is -2.47. The molecule has 1 aromatic heterocycles. The molecule has 0 saturated carbocycles. The van der Waals surface area contributed by atoms with Gasteiger partial charge < -0.3 is 19.8 Å². The number of carboxylic acid groups (broad SMARTS) is 1. The second-order valence-electron chi connectivity index (χ2n) is 9.57. The van der Waals surface area contributed by atoms with E-state index in [1.54, 1.807) is 0 Å². The van der Waals surface area contributed by atoms with E-state index in [4.69, 9.17) is 9.90 Å². The molecule has 0 spiro atoms. The van der Waals surface area contributed by atoms with Crippen molar-refractivity contribution < 1.29 is 14.7 Å². The molecule has 32 heavy (non-hydrogen) atoms. The Labute approximate surface area is 192 Å². The molecule has 2 aromatic rings. The number of likely N-dealkylation sites (tertiary alicyclic amines) is 1. The van der Waals surface area contributed by atoms with E-state index in [0.717, 1.165) is 29.7 Å². The minimum absolute atomic E-state index is 0.0876. The summed E-state index contributed by atoms with van der Waals surface area (Å²) < 4.78 is 5.74. The summed E-state index contributed by atoms with van der Waals surface area (Å²) in [6.45, 7) is 5.42. The molecular formula is C23H31N5O3S. The number of piperazine rings is 1. The Balaban J connectivity index is 0.000000684. The number of nitrogens with zero attached hydrogens (tertiary/aromatic N) is 5. The number of rotatable bonds is 3. The van der Waals surface area contributed by atoms with Crippen LogP contribution in [0.3, 0.4) is 0 Å². The molecule has 7 rings (SSSR count). The summed E-state index contributed by atoms with van der Waals surface area (Å²) >= 11 is 1.47. The Hall–Kier alpha value is -2.23. The number of carbonyl (C=O) groups is 2. The first-order valence-corrected chi connectivity index (χ1v) is 12.2. The number of aromatic nitrogens is 1. The minimum Gasteiger partial charge on any atom is -0.483 e. The number of piperidine rings is 3. The van der Waals surface area contributed by atoms with Gasteiger partial charge in [-0.05, 0) is 75.0 Å². The van der Waals surface area contributed by atoms with E-state index >= 15 is 0 Å². The van der Waals surface area contributed by atoms with Gasteiger partial charge >= 0.3 is 0 Å². The number of benzene rings is 1. The molecule has 6 heterocycles. The quantitative estimate of drug-likeness (QED) is 0.707.